The first-order valence-electron chi connectivity index (χ1n) is 6.44. The lowest BCUT2D eigenvalue weighted by atomic mass is 10.2. The monoisotopic (exact) mass is 374 g/mol. The molecule has 2 N–H and O–H groups in total. The summed E-state index contributed by atoms with van der Waals surface area (Å²) in [6.45, 7) is 0. The van der Waals surface area contributed by atoms with E-state index in [1.807, 2.05) is 30.3 Å². The predicted molar refractivity (Wildman–Crippen MR) is 93.1 cm³/mol. The lowest BCUT2D eigenvalue weighted by molar-refractivity contribution is -0.115. The van der Waals surface area contributed by atoms with Crippen LogP contribution in [-0.4, -0.2) is 16.2 Å². The summed E-state index contributed by atoms with van der Waals surface area (Å²) in [5, 5.41) is 12.7. The Morgan fingerprint density at radius 2 is 1.95 bits per heavy atom. The fourth-order valence-corrected chi connectivity index (χ4v) is 2.99. The molecular formula is C16H11BrN2O2S. The Morgan fingerprint density at radius 1 is 1.18 bits per heavy atom. The minimum absolute atomic E-state index is 0.168. The highest BCUT2D eigenvalue weighted by Crippen LogP contribution is 2.28. The van der Waals surface area contributed by atoms with Gasteiger partial charge in [0.05, 0.1) is 10.6 Å². The number of nitrogens with zero attached hydrogens (tertiary/aromatic N) is 1. The predicted octanol–water partition coefficient (Wildman–Crippen LogP) is 4.05. The number of hydrogen-bond donors (Lipinski definition) is 2. The SMILES string of the molecule is O=C1NC(=Nc2ccc(Br)cc2)S/C1=C/c1cccc(O)c1. The first-order chi connectivity index (χ1) is 10.6. The van der Waals surface area contributed by atoms with E-state index in [1.165, 1.54) is 11.8 Å². The van der Waals surface area contributed by atoms with Crippen LogP contribution in [0.5, 0.6) is 5.75 Å². The summed E-state index contributed by atoms with van der Waals surface area (Å²) >= 11 is 4.64. The number of hydrogen-bond acceptors (Lipinski definition) is 4. The Bertz CT molecular complexity index is 785. The second kappa shape index (κ2) is 6.37. The van der Waals surface area contributed by atoms with Crippen LogP contribution in [0.4, 0.5) is 5.69 Å². The van der Waals surface area contributed by atoms with E-state index < -0.39 is 0 Å². The molecule has 3 rings (SSSR count). The van der Waals surface area contributed by atoms with Gasteiger partial charge in [0.1, 0.15) is 5.75 Å². The molecule has 1 aliphatic heterocycles. The molecule has 6 heteroatoms. The van der Waals surface area contributed by atoms with Gasteiger partial charge in [0, 0.05) is 4.47 Å². The topological polar surface area (TPSA) is 61.7 Å². The second-order valence-corrected chi connectivity index (χ2v) is 6.50. The molecule has 110 valence electrons. The maximum atomic E-state index is 12.0. The van der Waals surface area contributed by atoms with Crippen molar-refractivity contribution in [1.29, 1.82) is 0 Å². The molecule has 1 aliphatic rings. The molecule has 0 unspecified atom stereocenters. The molecule has 0 spiro atoms. The Hall–Kier alpha value is -2.05. The average Bonchev–Trinajstić information content (AvgIpc) is 2.81. The molecule has 0 aromatic heterocycles. The summed E-state index contributed by atoms with van der Waals surface area (Å²) in [6, 6.07) is 14.3. The van der Waals surface area contributed by atoms with Crippen molar-refractivity contribution in [1.82, 2.24) is 5.32 Å². The van der Waals surface area contributed by atoms with Crippen molar-refractivity contribution in [2.45, 2.75) is 0 Å². The first kappa shape index (κ1) is 14.9. The maximum absolute atomic E-state index is 12.0. The summed E-state index contributed by atoms with van der Waals surface area (Å²) < 4.78 is 0.976. The smallest absolute Gasteiger partial charge is 0.264 e. The average molecular weight is 375 g/mol. The zero-order valence-electron chi connectivity index (χ0n) is 11.3. The Balaban J connectivity index is 1.82. The first-order valence-corrected chi connectivity index (χ1v) is 8.05. The number of carbonyl (C=O) groups excluding carboxylic acids is 1. The molecule has 1 fully saturated rings. The lowest BCUT2D eigenvalue weighted by Gasteiger charge is -1.96. The molecule has 4 nitrogen and oxygen atoms in total. The molecule has 0 saturated carbocycles. The van der Waals surface area contributed by atoms with Gasteiger partial charge < -0.3 is 10.4 Å². The largest absolute Gasteiger partial charge is 0.508 e. The van der Waals surface area contributed by atoms with Crippen LogP contribution in [-0.2, 0) is 4.79 Å². The van der Waals surface area contributed by atoms with Crippen molar-refractivity contribution in [2.75, 3.05) is 0 Å². The van der Waals surface area contributed by atoms with Crippen molar-refractivity contribution in [2.24, 2.45) is 4.99 Å². The minimum Gasteiger partial charge on any atom is -0.508 e. The van der Waals surface area contributed by atoms with Crippen LogP contribution in [0.3, 0.4) is 0 Å². The maximum Gasteiger partial charge on any atom is 0.264 e. The highest BCUT2D eigenvalue weighted by molar-refractivity contribution is 9.10. The summed E-state index contributed by atoms with van der Waals surface area (Å²) in [5.74, 6) is -0.0225. The van der Waals surface area contributed by atoms with Gasteiger partial charge in [-0.25, -0.2) is 4.99 Å². The quantitative estimate of drug-likeness (QED) is 0.779. The molecule has 2 aromatic rings. The second-order valence-electron chi connectivity index (χ2n) is 4.55. The zero-order valence-corrected chi connectivity index (χ0v) is 13.7. The van der Waals surface area contributed by atoms with Crippen LogP contribution < -0.4 is 5.32 Å². The normalized spacial score (nSPS) is 18.0. The molecule has 0 atom stereocenters. The number of rotatable bonds is 2. The van der Waals surface area contributed by atoms with E-state index in [9.17, 15) is 9.90 Å². The van der Waals surface area contributed by atoms with Crippen molar-refractivity contribution in [3.63, 3.8) is 0 Å². The molecule has 0 aliphatic carbocycles. The third-order valence-electron chi connectivity index (χ3n) is 2.88. The molecule has 1 amide bonds. The van der Waals surface area contributed by atoms with Gasteiger partial charge in [0.25, 0.3) is 5.91 Å². The van der Waals surface area contributed by atoms with E-state index in [0.717, 1.165) is 15.7 Å². The Labute approximate surface area is 140 Å². The van der Waals surface area contributed by atoms with E-state index in [-0.39, 0.29) is 11.7 Å². The number of benzene rings is 2. The molecule has 0 bridgehead atoms. The number of amidine groups is 1. The van der Waals surface area contributed by atoms with E-state index in [2.05, 4.69) is 26.2 Å². The van der Waals surface area contributed by atoms with E-state index in [0.29, 0.717) is 10.1 Å². The fraction of sp³-hybridized carbons (Fsp3) is 0. The van der Waals surface area contributed by atoms with Gasteiger partial charge in [-0.15, -0.1) is 0 Å². The van der Waals surface area contributed by atoms with Gasteiger partial charge in [-0.1, -0.05) is 28.1 Å². The van der Waals surface area contributed by atoms with E-state index >= 15 is 0 Å². The molecule has 2 aromatic carbocycles. The van der Waals surface area contributed by atoms with E-state index in [4.69, 9.17) is 0 Å². The summed E-state index contributed by atoms with van der Waals surface area (Å²) in [7, 11) is 0. The van der Waals surface area contributed by atoms with Crippen molar-refractivity contribution in [3.8, 4) is 5.75 Å². The highest BCUT2D eigenvalue weighted by Gasteiger charge is 2.23. The molecule has 0 radical (unpaired) electrons. The standard InChI is InChI=1S/C16H11BrN2O2S/c17-11-4-6-12(7-5-11)18-16-19-15(21)14(22-16)9-10-2-1-3-13(20)8-10/h1-9,20H,(H,18,19,21)/b14-9+. The van der Waals surface area contributed by atoms with Crippen LogP contribution >= 0.6 is 27.7 Å². The zero-order chi connectivity index (χ0) is 15.5. The molecule has 22 heavy (non-hydrogen) atoms. The number of aliphatic imine (C=N–C) groups is 1. The minimum atomic E-state index is -0.191. The number of phenolic OH excluding ortho intramolecular Hbond substituents is 1. The van der Waals surface area contributed by atoms with Gasteiger partial charge >= 0.3 is 0 Å². The van der Waals surface area contributed by atoms with Crippen LogP contribution in [0.1, 0.15) is 5.56 Å². The van der Waals surface area contributed by atoms with Crippen LogP contribution in [0.25, 0.3) is 6.08 Å². The van der Waals surface area contributed by atoms with Crippen molar-refractivity contribution in [3.05, 3.63) is 63.5 Å². The third-order valence-corrected chi connectivity index (χ3v) is 4.31. The molecular weight excluding hydrogens is 364 g/mol. The fourth-order valence-electron chi connectivity index (χ4n) is 1.88. The molecule has 1 heterocycles. The Morgan fingerprint density at radius 3 is 2.68 bits per heavy atom. The van der Waals surface area contributed by atoms with Gasteiger partial charge in [0.2, 0.25) is 0 Å². The number of carbonyl (C=O) groups is 1. The van der Waals surface area contributed by atoms with Crippen molar-refractivity contribution >= 4 is 50.5 Å². The van der Waals surface area contributed by atoms with Gasteiger partial charge in [-0.2, -0.15) is 0 Å². The highest BCUT2D eigenvalue weighted by atomic mass is 79.9. The van der Waals surface area contributed by atoms with Gasteiger partial charge in [0.15, 0.2) is 5.17 Å². The number of thioether (sulfide) groups is 1. The van der Waals surface area contributed by atoms with Crippen LogP contribution in [0, 0.1) is 0 Å². The Kier molecular flexibility index (Phi) is 4.31. The number of halogens is 1. The summed E-state index contributed by atoms with van der Waals surface area (Å²) in [6.07, 6.45) is 1.73. The van der Waals surface area contributed by atoms with Gasteiger partial charge in [-0.05, 0) is 59.8 Å². The number of phenols is 1. The molecule has 1 saturated heterocycles. The number of nitrogens with one attached hydrogen (secondary N) is 1. The van der Waals surface area contributed by atoms with Crippen molar-refractivity contribution < 1.29 is 9.90 Å². The van der Waals surface area contributed by atoms with Gasteiger partial charge in [-0.3, -0.25) is 4.79 Å². The lowest BCUT2D eigenvalue weighted by Crippen LogP contribution is -2.19. The number of aromatic hydroxyl groups is 1. The van der Waals surface area contributed by atoms with Crippen LogP contribution in [0.15, 0.2) is 62.9 Å². The summed E-state index contributed by atoms with van der Waals surface area (Å²) in [5.41, 5.74) is 1.53. The summed E-state index contributed by atoms with van der Waals surface area (Å²) in [4.78, 5) is 16.9. The number of amides is 1. The van der Waals surface area contributed by atoms with Crippen LogP contribution in [0.2, 0.25) is 0 Å². The third kappa shape index (κ3) is 3.58. The van der Waals surface area contributed by atoms with E-state index in [1.54, 1.807) is 24.3 Å².